The molecule has 0 aromatic heterocycles. The average Bonchev–Trinajstić information content (AvgIpc) is 3.06. The van der Waals surface area contributed by atoms with E-state index in [1.54, 1.807) is 0 Å². The fourth-order valence-corrected chi connectivity index (χ4v) is 12.8. The van der Waals surface area contributed by atoms with Crippen LogP contribution in [0.5, 0.6) is 0 Å². The molecule has 0 saturated heterocycles. The Hall–Kier alpha value is 0.429. The second-order valence-electron chi connectivity index (χ2n) is 12.1. The van der Waals surface area contributed by atoms with E-state index in [4.69, 9.17) is 4.55 Å². The Morgan fingerprint density at radius 2 is 1.71 bits per heavy atom. The normalized spacial score (nSPS) is 43.7. The molecule has 0 amide bonds. The van der Waals surface area contributed by atoms with Gasteiger partial charge in [0.2, 0.25) is 0 Å². The predicted molar refractivity (Wildman–Crippen MR) is 130 cm³/mol. The first kappa shape index (κ1) is 24.6. The molecule has 4 saturated carbocycles. The van der Waals surface area contributed by atoms with Gasteiger partial charge in [0.25, 0.3) is 0 Å². The summed E-state index contributed by atoms with van der Waals surface area (Å²) in [5.74, 6) is 5.63. The summed E-state index contributed by atoms with van der Waals surface area (Å²) >= 11 is 0.351. The summed E-state index contributed by atoms with van der Waals surface area (Å²) < 4.78 is 30.6. The number of fused-ring (bicyclic) bond motifs is 5. The van der Waals surface area contributed by atoms with Gasteiger partial charge in [0, 0.05) is 0 Å². The quantitative estimate of drug-likeness (QED) is 0.217. The Labute approximate surface area is 198 Å². The van der Waals surface area contributed by atoms with Crippen LogP contribution in [-0.4, -0.2) is 33.7 Å². The van der Waals surface area contributed by atoms with Crippen LogP contribution in [0.15, 0.2) is 0 Å². The van der Waals surface area contributed by atoms with Crippen molar-refractivity contribution >= 4 is 25.1 Å². The van der Waals surface area contributed by atoms with Crippen LogP contribution in [0.2, 0.25) is 10.6 Å². The third kappa shape index (κ3) is 4.96. The van der Waals surface area contributed by atoms with E-state index >= 15 is 0 Å². The van der Waals surface area contributed by atoms with Gasteiger partial charge < -0.3 is 0 Å². The zero-order valence-electron chi connectivity index (χ0n) is 20.2. The molecule has 0 radical (unpaired) electrons. The molecule has 4 aliphatic carbocycles. The van der Waals surface area contributed by atoms with Crippen LogP contribution in [0.3, 0.4) is 0 Å². The molecule has 5 heteroatoms. The van der Waals surface area contributed by atoms with Gasteiger partial charge in [-0.1, -0.05) is 6.42 Å². The fourth-order valence-electron chi connectivity index (χ4n) is 9.25. The molecular formula is C26H46O3SSe. The van der Waals surface area contributed by atoms with Crippen LogP contribution >= 0.6 is 0 Å². The molecule has 4 rings (SSSR count). The Bertz CT molecular complexity index is 724. The Kier molecular flexibility index (Phi) is 7.59. The van der Waals surface area contributed by atoms with Crippen LogP contribution in [0.1, 0.15) is 97.8 Å². The SMILES string of the molecule is CC(CCC[Se]CCS(=O)(=O)O)C1CCC2C3CCC4CCCCC4(C)C3CCC12C. The van der Waals surface area contributed by atoms with Crippen molar-refractivity contribution in [1.82, 2.24) is 0 Å². The summed E-state index contributed by atoms with van der Waals surface area (Å²) in [4.78, 5) is 0. The fraction of sp³-hybridized carbons (Fsp3) is 1.00. The van der Waals surface area contributed by atoms with Crippen molar-refractivity contribution in [2.75, 3.05) is 5.75 Å². The van der Waals surface area contributed by atoms with Crippen molar-refractivity contribution in [3.63, 3.8) is 0 Å². The van der Waals surface area contributed by atoms with E-state index in [1.807, 2.05) is 0 Å². The molecule has 4 fully saturated rings. The van der Waals surface area contributed by atoms with Crippen LogP contribution in [0, 0.1) is 46.3 Å². The number of rotatable bonds is 8. The molecule has 0 aromatic carbocycles. The van der Waals surface area contributed by atoms with Gasteiger partial charge in [-0.05, 0) is 0 Å². The molecule has 8 unspecified atom stereocenters. The Morgan fingerprint density at radius 3 is 2.48 bits per heavy atom. The van der Waals surface area contributed by atoms with Crippen molar-refractivity contribution in [3.05, 3.63) is 0 Å². The molecule has 1 N–H and O–H groups in total. The predicted octanol–water partition coefficient (Wildman–Crippen LogP) is 6.88. The van der Waals surface area contributed by atoms with Crippen LogP contribution in [0.4, 0.5) is 0 Å². The maximum atomic E-state index is 10.9. The van der Waals surface area contributed by atoms with E-state index < -0.39 is 10.1 Å². The Balaban J connectivity index is 1.32. The second-order valence-corrected chi connectivity index (χ2v) is 16.3. The zero-order valence-corrected chi connectivity index (χ0v) is 22.7. The third-order valence-corrected chi connectivity index (χ3v) is 14.3. The van der Waals surface area contributed by atoms with Gasteiger partial charge >= 0.3 is 192 Å². The summed E-state index contributed by atoms with van der Waals surface area (Å²) in [5, 5.41) is 1.82. The zero-order chi connectivity index (χ0) is 22.3. The first-order valence-corrected chi connectivity index (χ1v) is 17.2. The summed E-state index contributed by atoms with van der Waals surface area (Å²) in [5.41, 5.74) is 1.21. The molecule has 3 nitrogen and oxygen atoms in total. The standard InChI is InChI=1S/C26H46O3SSe/c1-19(7-6-17-31-18-16-30(27,28)29)22-11-12-23-21-10-9-20-8-4-5-14-25(20,2)24(21)13-15-26(22,23)3/h19-24H,4-18H2,1-3H3,(H,27,28,29). The summed E-state index contributed by atoms with van der Waals surface area (Å²) in [6, 6.07) is 0. The minimum atomic E-state index is -3.77. The van der Waals surface area contributed by atoms with Crippen LogP contribution in [-0.2, 0) is 10.1 Å². The van der Waals surface area contributed by atoms with E-state index in [0.717, 1.165) is 40.8 Å². The van der Waals surface area contributed by atoms with Gasteiger partial charge in [-0.25, -0.2) is 0 Å². The summed E-state index contributed by atoms with van der Waals surface area (Å²) in [6.45, 7) is 7.87. The van der Waals surface area contributed by atoms with Crippen LogP contribution < -0.4 is 0 Å². The van der Waals surface area contributed by atoms with E-state index in [-0.39, 0.29) is 5.75 Å². The van der Waals surface area contributed by atoms with Crippen LogP contribution in [0.25, 0.3) is 0 Å². The van der Waals surface area contributed by atoms with Gasteiger partial charge in [0.1, 0.15) is 0 Å². The second kappa shape index (κ2) is 9.59. The summed E-state index contributed by atoms with van der Waals surface area (Å²) in [6.07, 6.45) is 17.4. The molecular weight excluding hydrogens is 471 g/mol. The van der Waals surface area contributed by atoms with Gasteiger partial charge in [-0.15, -0.1) is 0 Å². The molecule has 0 spiro atoms. The van der Waals surface area contributed by atoms with Gasteiger partial charge in [-0.2, -0.15) is 0 Å². The minimum absolute atomic E-state index is 0.0484. The topological polar surface area (TPSA) is 54.4 Å². The van der Waals surface area contributed by atoms with Gasteiger partial charge in [0.05, 0.1) is 0 Å². The van der Waals surface area contributed by atoms with Crippen molar-refractivity contribution in [3.8, 4) is 0 Å². The molecule has 4 aliphatic rings. The third-order valence-electron chi connectivity index (χ3n) is 10.8. The maximum absolute atomic E-state index is 10.9. The molecule has 31 heavy (non-hydrogen) atoms. The molecule has 0 aliphatic heterocycles. The number of hydrogen-bond donors (Lipinski definition) is 1. The van der Waals surface area contributed by atoms with E-state index in [1.165, 1.54) is 77.0 Å². The van der Waals surface area contributed by atoms with Crippen molar-refractivity contribution in [2.24, 2.45) is 46.3 Å². The van der Waals surface area contributed by atoms with Crippen molar-refractivity contribution < 1.29 is 13.0 Å². The molecule has 180 valence electrons. The van der Waals surface area contributed by atoms with Gasteiger partial charge in [0.15, 0.2) is 0 Å². The van der Waals surface area contributed by atoms with Gasteiger partial charge in [-0.3, -0.25) is 0 Å². The Morgan fingerprint density at radius 1 is 0.935 bits per heavy atom. The molecule has 0 aromatic rings. The average molecular weight is 518 g/mol. The van der Waals surface area contributed by atoms with E-state index in [9.17, 15) is 8.42 Å². The number of hydrogen-bond acceptors (Lipinski definition) is 2. The van der Waals surface area contributed by atoms with E-state index in [2.05, 4.69) is 20.8 Å². The summed E-state index contributed by atoms with van der Waals surface area (Å²) in [7, 11) is -3.77. The van der Waals surface area contributed by atoms with Crippen molar-refractivity contribution in [2.45, 2.75) is 108 Å². The van der Waals surface area contributed by atoms with Crippen molar-refractivity contribution in [1.29, 1.82) is 0 Å². The van der Waals surface area contributed by atoms with E-state index in [0.29, 0.717) is 31.1 Å². The molecule has 0 bridgehead atoms. The molecule has 8 atom stereocenters. The first-order chi connectivity index (χ1) is 14.7. The monoisotopic (exact) mass is 518 g/mol. The first-order valence-electron chi connectivity index (χ1n) is 13.2. The molecule has 0 heterocycles.